The Labute approximate surface area is 347 Å². The maximum Gasteiger partial charge on any atom is 0.165 e. The molecule has 0 radical (unpaired) electrons. The summed E-state index contributed by atoms with van der Waals surface area (Å²) in [6, 6.07) is 64.2. The number of aromatic nitrogens is 4. The highest BCUT2D eigenvalue weighted by molar-refractivity contribution is 6.14. The van der Waals surface area contributed by atoms with Crippen molar-refractivity contribution in [1.82, 2.24) is 19.1 Å². The van der Waals surface area contributed by atoms with Crippen LogP contribution in [0.1, 0.15) is 5.56 Å². The Morgan fingerprint density at radius 2 is 1.13 bits per heavy atom. The lowest BCUT2D eigenvalue weighted by Crippen LogP contribution is -2.04. The largest absolute Gasteiger partial charge is 0.398 e. The van der Waals surface area contributed by atoms with Crippen molar-refractivity contribution in [2.24, 2.45) is 0 Å². The first-order chi connectivity index (χ1) is 29.6. The molecule has 0 aliphatic rings. The Balaban J connectivity index is 1.17. The Morgan fingerprint density at radius 1 is 0.483 bits per heavy atom. The quantitative estimate of drug-likeness (QED) is 0.124. The van der Waals surface area contributed by atoms with Crippen LogP contribution in [0.15, 0.2) is 207 Å². The molecule has 11 rings (SSSR count). The molecular formula is C55H39N5. The van der Waals surface area contributed by atoms with Gasteiger partial charge >= 0.3 is 0 Å². The Bertz CT molecular complexity index is 3480. The van der Waals surface area contributed by atoms with Gasteiger partial charge in [0.2, 0.25) is 0 Å². The molecule has 0 atom stereocenters. The summed E-state index contributed by atoms with van der Waals surface area (Å²) in [5.41, 5.74) is 22.3. The highest BCUT2D eigenvalue weighted by Crippen LogP contribution is 2.42. The number of anilines is 1. The van der Waals surface area contributed by atoms with E-state index >= 15 is 0 Å². The topological polar surface area (TPSA) is 61.7 Å². The van der Waals surface area contributed by atoms with Crippen LogP contribution in [0.2, 0.25) is 0 Å². The number of nitrogens with two attached hydrogens (primary N) is 1. The summed E-state index contributed by atoms with van der Waals surface area (Å²) in [4.78, 5) is 10.7. The maximum atomic E-state index is 7.04. The van der Waals surface area contributed by atoms with E-state index in [0.717, 1.165) is 106 Å². The average molecular weight is 770 g/mol. The van der Waals surface area contributed by atoms with Crippen LogP contribution in [0.3, 0.4) is 0 Å². The number of hydrogen-bond donors (Lipinski definition) is 1. The third-order valence-corrected chi connectivity index (χ3v) is 11.7. The van der Waals surface area contributed by atoms with Crippen molar-refractivity contribution in [3.8, 4) is 45.0 Å². The summed E-state index contributed by atoms with van der Waals surface area (Å²) < 4.78 is 4.66. The zero-order valence-electron chi connectivity index (χ0n) is 32.8. The highest BCUT2D eigenvalue weighted by Gasteiger charge is 2.22. The van der Waals surface area contributed by atoms with Gasteiger partial charge in [0.05, 0.1) is 33.1 Å². The number of nitrogen functional groups attached to an aromatic ring is 1. The molecule has 0 saturated carbocycles. The minimum atomic E-state index is 0.737. The van der Waals surface area contributed by atoms with E-state index in [9.17, 15) is 0 Å². The molecule has 0 fully saturated rings. The first kappa shape index (κ1) is 35.2. The van der Waals surface area contributed by atoms with Crippen molar-refractivity contribution in [1.29, 1.82) is 0 Å². The first-order valence-corrected chi connectivity index (χ1v) is 20.3. The molecule has 0 aliphatic heterocycles. The molecule has 3 aromatic heterocycles. The molecule has 2 N–H and O–H groups in total. The molecule has 0 amide bonds. The third kappa shape index (κ3) is 5.78. The van der Waals surface area contributed by atoms with Gasteiger partial charge in [-0.25, -0.2) is 9.97 Å². The van der Waals surface area contributed by atoms with Gasteiger partial charge < -0.3 is 10.3 Å². The maximum absolute atomic E-state index is 7.04. The molecule has 3 heterocycles. The van der Waals surface area contributed by atoms with E-state index in [-0.39, 0.29) is 0 Å². The van der Waals surface area contributed by atoms with Crippen LogP contribution < -0.4 is 5.73 Å². The Hall–Kier alpha value is -8.02. The molecule has 0 bridgehead atoms. The predicted octanol–water partition coefficient (Wildman–Crippen LogP) is 13.7. The molecule has 0 aliphatic carbocycles. The lowest BCUT2D eigenvalue weighted by molar-refractivity contribution is 1.08. The average Bonchev–Trinajstić information content (AvgIpc) is 3.80. The molecule has 8 aromatic carbocycles. The fourth-order valence-electron chi connectivity index (χ4n) is 8.92. The van der Waals surface area contributed by atoms with Gasteiger partial charge in [-0.3, -0.25) is 4.57 Å². The van der Waals surface area contributed by atoms with Crippen LogP contribution in [0.4, 0.5) is 5.69 Å². The van der Waals surface area contributed by atoms with Crippen LogP contribution >= 0.6 is 0 Å². The van der Waals surface area contributed by atoms with E-state index in [2.05, 4.69) is 173 Å². The minimum Gasteiger partial charge on any atom is -0.398 e. The summed E-state index contributed by atoms with van der Waals surface area (Å²) in [5, 5.41) is 4.57. The van der Waals surface area contributed by atoms with Crippen LogP contribution in [-0.2, 0) is 6.42 Å². The second-order valence-electron chi connectivity index (χ2n) is 15.2. The van der Waals surface area contributed by atoms with Gasteiger partial charge in [-0.05, 0) is 83.3 Å². The van der Waals surface area contributed by atoms with Crippen molar-refractivity contribution in [2.45, 2.75) is 6.42 Å². The van der Waals surface area contributed by atoms with Gasteiger partial charge in [-0.15, -0.1) is 0 Å². The number of nitrogens with zero attached hydrogens (tertiary/aromatic N) is 4. The standard InChI is InChI=1S/C55H39N5/c1-2-3-6-19-37-20-11-12-23-41(37)44-34-46-42-24-13-16-27-50(42)59(53(46)35-47(44)56)40-29-31-51-45(33-40)43-30-28-39(36-17-7-4-8-18-36)32-52(43)60(51)55-54(38-21-9-5-10-22-38)57-48-25-14-15-26-49(48)58-55/h2-18,20-35H,1,19,56H2/b6-3-. The summed E-state index contributed by atoms with van der Waals surface area (Å²) >= 11 is 0. The van der Waals surface area contributed by atoms with E-state index < -0.39 is 0 Å². The van der Waals surface area contributed by atoms with E-state index in [1.807, 2.05) is 42.5 Å². The second kappa shape index (κ2) is 14.4. The van der Waals surface area contributed by atoms with Gasteiger partial charge in [-0.2, -0.15) is 0 Å². The van der Waals surface area contributed by atoms with Crippen LogP contribution in [0.25, 0.3) is 99.7 Å². The number of rotatable bonds is 8. The SMILES string of the molecule is C=C/C=C\Cc1ccccc1-c1cc2c3ccccc3n(-c3ccc4c(c3)c3ccc(-c5ccccc5)cc3n4-c3nc4ccccc4nc3-c3ccccc3)c2cc1N. The van der Waals surface area contributed by atoms with Gasteiger partial charge in [0, 0.05) is 44.0 Å². The third-order valence-electron chi connectivity index (χ3n) is 11.7. The number of fused-ring (bicyclic) bond motifs is 7. The van der Waals surface area contributed by atoms with Crippen LogP contribution in [0, 0.1) is 0 Å². The lowest BCUT2D eigenvalue weighted by atomic mass is 9.95. The van der Waals surface area contributed by atoms with Crippen molar-refractivity contribution < 1.29 is 0 Å². The number of hydrogen-bond acceptors (Lipinski definition) is 3. The summed E-state index contributed by atoms with van der Waals surface area (Å²) in [5.74, 6) is 0.787. The van der Waals surface area contributed by atoms with Gasteiger partial charge in [-0.1, -0.05) is 152 Å². The summed E-state index contributed by atoms with van der Waals surface area (Å²) in [6.45, 7) is 3.85. The molecule has 0 saturated heterocycles. The fraction of sp³-hybridized carbons (Fsp3) is 0.0182. The number of para-hydroxylation sites is 3. The van der Waals surface area contributed by atoms with Crippen molar-refractivity contribution in [2.75, 3.05) is 5.73 Å². The lowest BCUT2D eigenvalue weighted by Gasteiger charge is -2.15. The second-order valence-corrected chi connectivity index (χ2v) is 15.2. The Morgan fingerprint density at radius 3 is 1.95 bits per heavy atom. The normalized spacial score (nSPS) is 11.8. The van der Waals surface area contributed by atoms with Gasteiger partial charge in [0.1, 0.15) is 5.69 Å². The summed E-state index contributed by atoms with van der Waals surface area (Å²) in [6.07, 6.45) is 6.73. The molecule has 11 aromatic rings. The van der Waals surface area contributed by atoms with Crippen molar-refractivity contribution in [3.63, 3.8) is 0 Å². The predicted molar refractivity (Wildman–Crippen MR) is 252 cm³/mol. The first-order valence-electron chi connectivity index (χ1n) is 20.3. The molecule has 0 unspecified atom stereocenters. The summed E-state index contributed by atoms with van der Waals surface area (Å²) in [7, 11) is 0. The van der Waals surface area contributed by atoms with E-state index in [1.54, 1.807) is 0 Å². The van der Waals surface area contributed by atoms with E-state index in [0.29, 0.717) is 0 Å². The van der Waals surface area contributed by atoms with Crippen molar-refractivity contribution >= 4 is 60.3 Å². The zero-order chi connectivity index (χ0) is 40.2. The van der Waals surface area contributed by atoms with E-state index in [4.69, 9.17) is 15.7 Å². The number of allylic oxidation sites excluding steroid dienone is 3. The fourth-order valence-corrected chi connectivity index (χ4v) is 8.92. The highest BCUT2D eigenvalue weighted by atomic mass is 15.1. The molecule has 0 spiro atoms. The van der Waals surface area contributed by atoms with Crippen molar-refractivity contribution in [3.05, 3.63) is 212 Å². The van der Waals surface area contributed by atoms with Gasteiger partial charge in [0.15, 0.2) is 5.82 Å². The molecule has 60 heavy (non-hydrogen) atoms. The molecule has 5 nitrogen and oxygen atoms in total. The molecular weight excluding hydrogens is 731 g/mol. The minimum absolute atomic E-state index is 0.737. The monoisotopic (exact) mass is 769 g/mol. The zero-order valence-corrected chi connectivity index (χ0v) is 32.8. The van der Waals surface area contributed by atoms with Crippen LogP contribution in [0.5, 0.6) is 0 Å². The van der Waals surface area contributed by atoms with E-state index in [1.165, 1.54) is 10.9 Å². The van der Waals surface area contributed by atoms with Gasteiger partial charge in [0.25, 0.3) is 0 Å². The van der Waals surface area contributed by atoms with Crippen LogP contribution in [-0.4, -0.2) is 19.1 Å². The molecule has 284 valence electrons. The smallest absolute Gasteiger partial charge is 0.165 e. The molecule has 5 heteroatoms. The Kier molecular flexibility index (Phi) is 8.45. The number of benzene rings is 8.